The average Bonchev–Trinajstić information content (AvgIpc) is 3.17. The SMILES string of the molecule is COc1ccc(-c2ccc(=O)n(C(C)C(=O)Nc3nc4c(C)cccc4s3)n2)cc1. The molecular weight excluding hydrogens is 400 g/mol. The molecule has 8 heteroatoms. The fourth-order valence-electron chi connectivity index (χ4n) is 3.08. The molecule has 0 aliphatic rings. The van der Waals surface area contributed by atoms with Gasteiger partial charge in [0.25, 0.3) is 11.5 Å². The minimum Gasteiger partial charge on any atom is -0.497 e. The number of rotatable bonds is 5. The number of fused-ring (bicyclic) bond motifs is 1. The molecule has 30 heavy (non-hydrogen) atoms. The smallest absolute Gasteiger partial charge is 0.267 e. The van der Waals surface area contributed by atoms with Crippen LogP contribution in [0.5, 0.6) is 5.75 Å². The van der Waals surface area contributed by atoms with Gasteiger partial charge in [0.05, 0.1) is 23.0 Å². The molecule has 2 heterocycles. The van der Waals surface area contributed by atoms with Crippen LogP contribution in [-0.4, -0.2) is 27.8 Å². The molecule has 1 N–H and O–H groups in total. The molecule has 1 atom stereocenters. The molecule has 0 saturated heterocycles. The van der Waals surface area contributed by atoms with E-state index in [0.29, 0.717) is 10.8 Å². The van der Waals surface area contributed by atoms with Gasteiger partial charge in [0.2, 0.25) is 0 Å². The number of nitrogens with zero attached hydrogens (tertiary/aromatic N) is 3. The first-order valence-corrected chi connectivity index (χ1v) is 10.2. The maximum Gasteiger partial charge on any atom is 0.267 e. The Hall–Kier alpha value is -3.52. The van der Waals surface area contributed by atoms with Crippen molar-refractivity contribution in [2.24, 2.45) is 0 Å². The monoisotopic (exact) mass is 420 g/mol. The zero-order chi connectivity index (χ0) is 21.3. The summed E-state index contributed by atoms with van der Waals surface area (Å²) in [5.74, 6) is 0.374. The van der Waals surface area contributed by atoms with Crippen molar-refractivity contribution >= 4 is 32.6 Å². The molecule has 7 nitrogen and oxygen atoms in total. The van der Waals surface area contributed by atoms with Crippen molar-refractivity contribution in [3.63, 3.8) is 0 Å². The van der Waals surface area contributed by atoms with Gasteiger partial charge >= 0.3 is 0 Å². The zero-order valence-corrected chi connectivity index (χ0v) is 17.6. The Balaban J connectivity index is 1.59. The van der Waals surface area contributed by atoms with Gasteiger partial charge in [0.15, 0.2) is 5.13 Å². The van der Waals surface area contributed by atoms with Gasteiger partial charge in [-0.15, -0.1) is 0 Å². The fourth-order valence-corrected chi connectivity index (χ4v) is 4.03. The van der Waals surface area contributed by atoms with Crippen LogP contribution in [0, 0.1) is 6.92 Å². The Kier molecular flexibility index (Phi) is 5.33. The third-order valence-electron chi connectivity index (χ3n) is 4.81. The van der Waals surface area contributed by atoms with Crippen molar-refractivity contribution in [1.82, 2.24) is 14.8 Å². The first-order chi connectivity index (χ1) is 14.5. The van der Waals surface area contributed by atoms with Crippen LogP contribution >= 0.6 is 11.3 Å². The van der Waals surface area contributed by atoms with Crippen molar-refractivity contribution in [2.75, 3.05) is 12.4 Å². The van der Waals surface area contributed by atoms with Crippen molar-refractivity contribution in [1.29, 1.82) is 0 Å². The van der Waals surface area contributed by atoms with Gasteiger partial charge in [0, 0.05) is 11.6 Å². The van der Waals surface area contributed by atoms with E-state index in [9.17, 15) is 9.59 Å². The number of aromatic nitrogens is 3. The second-order valence-electron chi connectivity index (χ2n) is 6.84. The number of ether oxygens (including phenoxy) is 1. The molecule has 152 valence electrons. The molecule has 4 rings (SSSR count). The summed E-state index contributed by atoms with van der Waals surface area (Å²) in [7, 11) is 1.60. The first kappa shape index (κ1) is 19.8. The van der Waals surface area contributed by atoms with Crippen LogP contribution in [0.25, 0.3) is 21.5 Å². The summed E-state index contributed by atoms with van der Waals surface area (Å²) < 4.78 is 7.35. The standard InChI is InChI=1S/C22H20N4O3S/c1-13-5-4-6-18-20(13)23-22(30-18)24-21(28)14(2)26-19(27)12-11-17(25-26)15-7-9-16(29-3)10-8-15/h4-12,14H,1-3H3,(H,23,24,28). The van der Waals surface area contributed by atoms with E-state index in [1.807, 2.05) is 49.4 Å². The van der Waals surface area contributed by atoms with E-state index < -0.39 is 6.04 Å². The van der Waals surface area contributed by atoms with Crippen molar-refractivity contribution in [3.05, 3.63) is 70.5 Å². The lowest BCUT2D eigenvalue weighted by molar-refractivity contribution is -0.119. The number of carbonyl (C=O) groups is 1. The predicted octanol–water partition coefficient (Wildman–Crippen LogP) is 4.04. The zero-order valence-electron chi connectivity index (χ0n) is 16.7. The summed E-state index contributed by atoms with van der Waals surface area (Å²) in [5.41, 5.74) is 2.96. The number of nitrogens with one attached hydrogen (secondary N) is 1. The highest BCUT2D eigenvalue weighted by molar-refractivity contribution is 7.22. The maximum atomic E-state index is 12.8. The Bertz CT molecular complexity index is 1280. The van der Waals surface area contributed by atoms with Gasteiger partial charge < -0.3 is 10.1 Å². The summed E-state index contributed by atoms with van der Waals surface area (Å²) >= 11 is 1.40. The van der Waals surface area contributed by atoms with Crippen LogP contribution in [-0.2, 0) is 4.79 Å². The molecule has 0 bridgehead atoms. The first-order valence-electron chi connectivity index (χ1n) is 9.37. The van der Waals surface area contributed by atoms with Gasteiger partial charge in [-0.05, 0) is 55.8 Å². The summed E-state index contributed by atoms with van der Waals surface area (Å²) in [6, 6.07) is 15.5. The largest absolute Gasteiger partial charge is 0.497 e. The lowest BCUT2D eigenvalue weighted by atomic mass is 10.1. The van der Waals surface area contributed by atoms with Crippen molar-refractivity contribution < 1.29 is 9.53 Å². The van der Waals surface area contributed by atoms with Gasteiger partial charge in [-0.25, -0.2) is 9.67 Å². The number of para-hydroxylation sites is 1. The van der Waals surface area contributed by atoms with E-state index >= 15 is 0 Å². The molecule has 0 aliphatic carbocycles. The van der Waals surface area contributed by atoms with E-state index in [1.165, 1.54) is 22.1 Å². The lowest BCUT2D eigenvalue weighted by Gasteiger charge is -2.14. The number of aryl methyl sites for hydroxylation is 1. The highest BCUT2D eigenvalue weighted by Crippen LogP contribution is 2.28. The molecule has 0 spiro atoms. The van der Waals surface area contributed by atoms with E-state index in [4.69, 9.17) is 4.74 Å². The molecular formula is C22H20N4O3S. The normalized spacial score (nSPS) is 12.0. The maximum absolute atomic E-state index is 12.8. The van der Waals surface area contributed by atoms with E-state index in [1.54, 1.807) is 20.1 Å². The van der Waals surface area contributed by atoms with Crippen LogP contribution in [0.3, 0.4) is 0 Å². The lowest BCUT2D eigenvalue weighted by Crippen LogP contribution is -2.33. The quantitative estimate of drug-likeness (QED) is 0.527. The van der Waals surface area contributed by atoms with Crippen LogP contribution < -0.4 is 15.6 Å². The molecule has 0 radical (unpaired) electrons. The third kappa shape index (κ3) is 3.81. The molecule has 0 saturated carbocycles. The van der Waals surface area contributed by atoms with E-state index in [2.05, 4.69) is 15.4 Å². The van der Waals surface area contributed by atoms with Gasteiger partial charge in [-0.1, -0.05) is 23.5 Å². The van der Waals surface area contributed by atoms with Crippen LogP contribution in [0.15, 0.2) is 59.4 Å². The number of amides is 1. The topological polar surface area (TPSA) is 86.1 Å². The Morgan fingerprint density at radius 1 is 1.13 bits per heavy atom. The van der Waals surface area contributed by atoms with Gasteiger partial charge in [0.1, 0.15) is 11.8 Å². The number of thiazole rings is 1. The highest BCUT2D eigenvalue weighted by Gasteiger charge is 2.20. The second-order valence-corrected chi connectivity index (χ2v) is 7.87. The Morgan fingerprint density at radius 2 is 1.90 bits per heavy atom. The minimum absolute atomic E-state index is 0.352. The van der Waals surface area contributed by atoms with Gasteiger partial charge in [-0.2, -0.15) is 5.10 Å². The van der Waals surface area contributed by atoms with Crippen LogP contribution in [0.4, 0.5) is 5.13 Å². The number of hydrogen-bond acceptors (Lipinski definition) is 6. The average molecular weight is 420 g/mol. The van der Waals surface area contributed by atoms with E-state index in [-0.39, 0.29) is 11.5 Å². The second kappa shape index (κ2) is 8.08. The van der Waals surface area contributed by atoms with Crippen molar-refractivity contribution in [3.8, 4) is 17.0 Å². The summed E-state index contributed by atoms with van der Waals surface area (Å²) in [4.78, 5) is 29.7. The molecule has 2 aromatic carbocycles. The molecule has 1 amide bonds. The minimum atomic E-state index is -0.802. The molecule has 2 aromatic heterocycles. The Morgan fingerprint density at radius 3 is 2.60 bits per heavy atom. The van der Waals surface area contributed by atoms with E-state index in [0.717, 1.165) is 27.1 Å². The molecule has 0 fully saturated rings. The van der Waals surface area contributed by atoms with Crippen molar-refractivity contribution in [2.45, 2.75) is 19.9 Å². The number of methoxy groups -OCH3 is 1. The fraction of sp³-hybridized carbons (Fsp3) is 0.182. The molecule has 4 aromatic rings. The molecule has 1 unspecified atom stereocenters. The molecule has 0 aliphatic heterocycles. The predicted molar refractivity (Wildman–Crippen MR) is 118 cm³/mol. The van der Waals surface area contributed by atoms with Crippen LogP contribution in [0.2, 0.25) is 0 Å². The number of benzene rings is 2. The Labute approximate surface area is 177 Å². The summed E-state index contributed by atoms with van der Waals surface area (Å²) in [6.07, 6.45) is 0. The van der Waals surface area contributed by atoms with Crippen LogP contribution in [0.1, 0.15) is 18.5 Å². The third-order valence-corrected chi connectivity index (χ3v) is 5.74. The number of anilines is 1. The summed E-state index contributed by atoms with van der Waals surface area (Å²) in [5, 5.41) is 7.71. The van der Waals surface area contributed by atoms with Gasteiger partial charge in [-0.3, -0.25) is 9.59 Å². The number of hydrogen-bond donors (Lipinski definition) is 1. The number of carbonyl (C=O) groups excluding carboxylic acids is 1. The highest BCUT2D eigenvalue weighted by atomic mass is 32.1. The summed E-state index contributed by atoms with van der Waals surface area (Å²) in [6.45, 7) is 3.62.